The van der Waals surface area contributed by atoms with Gasteiger partial charge in [-0.05, 0) is 152 Å². The van der Waals surface area contributed by atoms with E-state index in [0.717, 1.165) is 53.9 Å². The number of anilines is 1. The van der Waals surface area contributed by atoms with Crippen LogP contribution in [0, 0.1) is 62.4 Å². The zero-order chi connectivity index (χ0) is 56.1. The van der Waals surface area contributed by atoms with Crippen molar-refractivity contribution in [2.24, 2.45) is 58.0 Å². The summed E-state index contributed by atoms with van der Waals surface area (Å²) in [6, 6.07) is 18.3. The molecular weight excluding hydrogens is 987 g/mol. The largest absolute Gasteiger partial charge is 0.514 e. The number of nitro groups is 1. The lowest BCUT2D eigenvalue weighted by Crippen LogP contribution is -2.56. The monoisotopic (exact) mass is 1070 g/mol. The number of ether oxygens (including phenoxy) is 3. The van der Waals surface area contributed by atoms with Gasteiger partial charge in [0, 0.05) is 50.2 Å². The first kappa shape index (κ1) is 59.6. The third kappa shape index (κ3) is 15.2. The summed E-state index contributed by atoms with van der Waals surface area (Å²) in [5, 5.41) is 16.8. The average molecular weight is 1070 g/mol. The van der Waals surface area contributed by atoms with E-state index < -0.39 is 40.9 Å². The number of rotatable bonds is 26. The first-order valence-electron chi connectivity index (χ1n) is 29.0. The second-order valence-electron chi connectivity index (χ2n) is 24.4. The molecule has 3 aromatic rings. The highest BCUT2D eigenvalue weighted by Crippen LogP contribution is 2.67. The van der Waals surface area contributed by atoms with Gasteiger partial charge in [0.1, 0.15) is 24.4 Å². The lowest BCUT2D eigenvalue weighted by Gasteiger charge is -2.58. The second-order valence-corrected chi connectivity index (χ2v) is 24.4. The van der Waals surface area contributed by atoms with Gasteiger partial charge in [0.25, 0.3) is 5.69 Å². The van der Waals surface area contributed by atoms with Crippen molar-refractivity contribution in [3.63, 3.8) is 0 Å². The van der Waals surface area contributed by atoms with Gasteiger partial charge in [-0.1, -0.05) is 122 Å². The van der Waals surface area contributed by atoms with Crippen LogP contribution in [0.1, 0.15) is 156 Å². The van der Waals surface area contributed by atoms with E-state index in [1.165, 1.54) is 87.0 Å². The first-order chi connectivity index (χ1) is 37.2. The minimum Gasteiger partial charge on any atom is -0.429 e. The van der Waals surface area contributed by atoms with Gasteiger partial charge in [-0.25, -0.2) is 4.79 Å². The molecule has 3 unspecified atom stereocenters. The summed E-state index contributed by atoms with van der Waals surface area (Å²) in [6.07, 6.45) is 16.6. The third-order valence-electron chi connectivity index (χ3n) is 18.1. The predicted molar refractivity (Wildman–Crippen MR) is 302 cm³/mol. The number of amides is 4. The molecule has 4 amide bonds. The first-order valence-corrected chi connectivity index (χ1v) is 29.0. The van der Waals surface area contributed by atoms with Gasteiger partial charge in [0.15, 0.2) is 0 Å². The third-order valence-corrected chi connectivity index (χ3v) is 18.1. The molecule has 15 heteroatoms. The lowest BCUT2D eigenvalue weighted by atomic mass is 9.47. The van der Waals surface area contributed by atoms with E-state index in [0.29, 0.717) is 36.2 Å². The smallest absolute Gasteiger partial charge is 0.429 e. The maximum atomic E-state index is 14.8. The fourth-order valence-corrected chi connectivity index (χ4v) is 14.1. The number of benzene rings is 3. The molecule has 3 fully saturated rings. The molecule has 0 radical (unpaired) electrons. The zero-order valence-corrected chi connectivity index (χ0v) is 47.3. The number of fused-ring (bicyclic) bond motifs is 5. The van der Waals surface area contributed by atoms with Crippen molar-refractivity contribution < 1.29 is 43.1 Å². The number of carbonyl (C=O) groups is 5. The standard InChI is InChI=1S/C63H87N5O10/c1-41(2)13-11-14-43(5)52-27-28-53-51-26-19-46-39-50(31-33-62(46,6)54(51)32-34-63(52,53)7)76-36-12-35-65-57(69)29-30-58(70)66-55(37-42(3)4)60(72)67(56(59(64)71)38-44-15-9-8-10-16-44)47-20-17-45(18-21-47)40-77-61(73)78-49-24-22-48(23-25-49)68(74)75/h8-10,15-25,41-43,50-56H,11-14,26-40H2,1-7H3,(H2,64,71)(H,65,69)(H,66,70)/t43-,50+,51?,52-,53?,54?,55+,56+,62+,63-/m1/s1. The van der Waals surface area contributed by atoms with Crippen molar-refractivity contribution in [2.45, 2.75) is 176 Å². The minimum absolute atomic E-state index is 0.0466. The van der Waals surface area contributed by atoms with E-state index >= 15 is 0 Å². The Morgan fingerprint density at radius 2 is 1.53 bits per heavy atom. The fraction of sp³-hybridized carbons (Fsp3) is 0.603. The fourth-order valence-electron chi connectivity index (χ4n) is 14.1. The van der Waals surface area contributed by atoms with Crippen LogP contribution in [0.2, 0.25) is 0 Å². The van der Waals surface area contributed by atoms with Crippen LogP contribution in [-0.2, 0) is 41.7 Å². The van der Waals surface area contributed by atoms with Crippen LogP contribution in [0.25, 0.3) is 0 Å². The Morgan fingerprint density at radius 3 is 2.21 bits per heavy atom. The van der Waals surface area contributed by atoms with Crippen molar-refractivity contribution in [1.29, 1.82) is 0 Å². The summed E-state index contributed by atoms with van der Waals surface area (Å²) in [7, 11) is 0. The van der Waals surface area contributed by atoms with Crippen molar-refractivity contribution >= 4 is 41.2 Å². The average Bonchev–Trinajstić information content (AvgIpc) is 3.93. The van der Waals surface area contributed by atoms with Crippen molar-refractivity contribution in [1.82, 2.24) is 10.6 Å². The predicted octanol–water partition coefficient (Wildman–Crippen LogP) is 12.0. The zero-order valence-electron chi connectivity index (χ0n) is 47.3. The van der Waals surface area contributed by atoms with Crippen LogP contribution >= 0.6 is 0 Å². The number of nitrogens with one attached hydrogen (secondary N) is 2. The molecule has 0 aromatic heterocycles. The molecule has 78 heavy (non-hydrogen) atoms. The Hall–Kier alpha value is -6.09. The molecule has 7 rings (SSSR count). The molecule has 3 saturated carbocycles. The highest BCUT2D eigenvalue weighted by Gasteiger charge is 2.59. The van der Waals surface area contributed by atoms with Crippen molar-refractivity contribution in [3.8, 4) is 5.75 Å². The van der Waals surface area contributed by atoms with Crippen LogP contribution in [0.5, 0.6) is 5.75 Å². The van der Waals surface area contributed by atoms with Gasteiger partial charge in [0.2, 0.25) is 23.6 Å². The summed E-state index contributed by atoms with van der Waals surface area (Å²) in [5.41, 5.74) is 9.84. The maximum Gasteiger partial charge on any atom is 0.514 e. The summed E-state index contributed by atoms with van der Waals surface area (Å²) in [5.74, 6) is 2.81. The van der Waals surface area contributed by atoms with Crippen LogP contribution in [0.4, 0.5) is 16.2 Å². The molecule has 15 nitrogen and oxygen atoms in total. The topological polar surface area (TPSA) is 210 Å². The Kier molecular flexibility index (Phi) is 20.8. The van der Waals surface area contributed by atoms with Crippen molar-refractivity contribution in [2.75, 3.05) is 18.1 Å². The summed E-state index contributed by atoms with van der Waals surface area (Å²) in [4.78, 5) is 78.9. The van der Waals surface area contributed by atoms with Crippen LogP contribution < -0.4 is 26.0 Å². The van der Waals surface area contributed by atoms with E-state index in [9.17, 15) is 34.1 Å². The molecule has 10 atom stereocenters. The van der Waals surface area contributed by atoms with Crippen LogP contribution in [0.3, 0.4) is 0 Å². The van der Waals surface area contributed by atoms with Gasteiger partial charge in [0.05, 0.1) is 11.0 Å². The molecule has 0 saturated heterocycles. The van der Waals surface area contributed by atoms with Crippen LogP contribution in [0.15, 0.2) is 90.5 Å². The number of allylic oxidation sites excluding steroid dienone is 1. The number of carbonyl (C=O) groups excluding carboxylic acids is 5. The quantitative estimate of drug-likeness (QED) is 0.0173. The SMILES string of the molecule is CC(C)CCC[C@@H](C)[C@H]1CCC2C3CC=C4C[C@@H](OCCCNC(=O)CCC(=O)N[C@@H](CC(C)C)C(=O)N(c5ccc(COC(=O)Oc6ccc([N+](=O)[O-])cc6)cc5)[C@@H](Cc5ccccc5)C(N)=O)CC[C@]4(C)C3CC[C@@]21C. The minimum atomic E-state index is -1.15. The molecule has 3 aromatic carbocycles. The summed E-state index contributed by atoms with van der Waals surface area (Å²) < 4.78 is 16.9. The molecule has 0 bridgehead atoms. The molecule has 4 aliphatic carbocycles. The van der Waals surface area contributed by atoms with Gasteiger partial charge in [-0.3, -0.25) is 34.2 Å². The molecular formula is C63H87N5O10. The number of non-ortho nitro benzene ring substituents is 1. The Bertz CT molecular complexity index is 2550. The Morgan fingerprint density at radius 1 is 0.808 bits per heavy atom. The molecule has 4 N–H and O–H groups in total. The number of nitrogens with zero attached hydrogens (tertiary/aromatic N) is 2. The van der Waals surface area contributed by atoms with Crippen LogP contribution in [-0.4, -0.2) is 66.0 Å². The van der Waals surface area contributed by atoms with Crippen molar-refractivity contribution in [3.05, 3.63) is 112 Å². The molecule has 0 aliphatic heterocycles. The normalized spacial score (nSPS) is 24.6. The van der Waals surface area contributed by atoms with E-state index in [4.69, 9.17) is 19.9 Å². The molecule has 0 spiro atoms. The number of nitro benzene ring substituents is 1. The van der Waals surface area contributed by atoms with E-state index in [-0.39, 0.29) is 67.1 Å². The number of hydrogen-bond donors (Lipinski definition) is 3. The lowest BCUT2D eigenvalue weighted by molar-refractivity contribution is -0.384. The second kappa shape index (κ2) is 27.2. The van der Waals surface area contributed by atoms with E-state index in [1.807, 2.05) is 44.2 Å². The summed E-state index contributed by atoms with van der Waals surface area (Å²) >= 11 is 0. The Labute approximate surface area is 462 Å². The number of hydrogen-bond acceptors (Lipinski definition) is 10. The van der Waals surface area contributed by atoms with Gasteiger partial charge in [-0.2, -0.15) is 0 Å². The summed E-state index contributed by atoms with van der Waals surface area (Å²) in [6.45, 7) is 17.1. The van der Waals surface area contributed by atoms with Gasteiger partial charge >= 0.3 is 6.16 Å². The van der Waals surface area contributed by atoms with E-state index in [2.05, 4.69) is 51.3 Å². The van der Waals surface area contributed by atoms with E-state index in [1.54, 1.807) is 29.8 Å². The highest BCUT2D eigenvalue weighted by molar-refractivity contribution is 6.04. The number of nitrogens with two attached hydrogens (primary N) is 1. The van der Waals surface area contributed by atoms with Gasteiger partial charge in [-0.15, -0.1) is 0 Å². The highest BCUT2D eigenvalue weighted by atomic mass is 16.7. The Balaban J connectivity index is 0.881. The molecule has 4 aliphatic rings. The number of primary amides is 1. The maximum absolute atomic E-state index is 14.8. The molecule has 424 valence electrons. The van der Waals surface area contributed by atoms with Gasteiger partial charge < -0.3 is 30.6 Å². The molecule has 0 heterocycles.